The molecule has 0 aromatic heterocycles. The van der Waals surface area contributed by atoms with Crippen molar-refractivity contribution in [3.63, 3.8) is 0 Å². The van der Waals surface area contributed by atoms with Crippen LogP contribution in [0.25, 0.3) is 0 Å². The minimum atomic E-state index is 0.405. The van der Waals surface area contributed by atoms with Crippen LogP contribution in [0.4, 0.5) is 5.69 Å². The van der Waals surface area contributed by atoms with Gasteiger partial charge in [0.1, 0.15) is 0 Å². The summed E-state index contributed by atoms with van der Waals surface area (Å²) in [7, 11) is 0. The van der Waals surface area contributed by atoms with Crippen LogP contribution in [0.2, 0.25) is 0 Å². The maximum Gasteiger partial charge on any atom is 0.169 e. The van der Waals surface area contributed by atoms with Gasteiger partial charge in [-0.2, -0.15) is 0 Å². The largest absolute Gasteiger partial charge is 0.368 e. The zero-order chi connectivity index (χ0) is 13.8. The van der Waals surface area contributed by atoms with Gasteiger partial charge < -0.3 is 15.1 Å². The van der Waals surface area contributed by atoms with E-state index in [1.807, 2.05) is 0 Å². The van der Waals surface area contributed by atoms with Gasteiger partial charge in [-0.1, -0.05) is 12.1 Å². The second-order valence-electron chi connectivity index (χ2n) is 5.42. The summed E-state index contributed by atoms with van der Waals surface area (Å²) in [6.07, 6.45) is 0. The molecular formula is C15H23N3S. The predicted octanol–water partition coefficient (Wildman–Crippen LogP) is 2.40. The Hall–Kier alpha value is -1.29. The van der Waals surface area contributed by atoms with Crippen LogP contribution in [0, 0.1) is 6.92 Å². The van der Waals surface area contributed by atoms with E-state index in [0.29, 0.717) is 6.04 Å². The van der Waals surface area contributed by atoms with Gasteiger partial charge in [0.15, 0.2) is 5.11 Å². The predicted molar refractivity (Wildman–Crippen MR) is 85.8 cm³/mol. The Labute approximate surface area is 121 Å². The van der Waals surface area contributed by atoms with Crippen LogP contribution < -0.4 is 10.2 Å². The molecule has 0 spiro atoms. The van der Waals surface area contributed by atoms with E-state index in [4.69, 9.17) is 12.2 Å². The topological polar surface area (TPSA) is 18.5 Å². The van der Waals surface area contributed by atoms with Crippen LogP contribution in [0.1, 0.15) is 19.4 Å². The minimum absolute atomic E-state index is 0.405. The van der Waals surface area contributed by atoms with Crippen molar-refractivity contribution in [2.75, 3.05) is 31.1 Å². The lowest BCUT2D eigenvalue weighted by Crippen LogP contribution is -2.52. The highest BCUT2D eigenvalue weighted by Gasteiger charge is 2.19. The number of hydrogen-bond acceptors (Lipinski definition) is 2. The Bertz CT molecular complexity index is 437. The maximum absolute atomic E-state index is 5.42. The number of benzene rings is 1. The molecule has 1 aromatic rings. The molecule has 1 aromatic carbocycles. The first-order valence-corrected chi connectivity index (χ1v) is 7.34. The molecule has 1 N–H and O–H groups in total. The van der Waals surface area contributed by atoms with Gasteiger partial charge >= 0.3 is 0 Å². The van der Waals surface area contributed by atoms with Crippen LogP contribution >= 0.6 is 12.2 Å². The van der Waals surface area contributed by atoms with E-state index in [9.17, 15) is 0 Å². The van der Waals surface area contributed by atoms with Crippen LogP contribution in [-0.4, -0.2) is 42.2 Å². The fourth-order valence-electron chi connectivity index (χ4n) is 2.33. The molecule has 0 aliphatic carbocycles. The third kappa shape index (κ3) is 3.83. The first-order valence-electron chi connectivity index (χ1n) is 6.93. The number of nitrogens with one attached hydrogen (secondary N) is 1. The molecule has 1 aliphatic rings. The average molecular weight is 277 g/mol. The molecule has 1 aliphatic heterocycles. The number of piperazine rings is 1. The van der Waals surface area contributed by atoms with Crippen LogP contribution in [0.15, 0.2) is 24.3 Å². The molecule has 0 unspecified atom stereocenters. The second kappa shape index (κ2) is 6.24. The van der Waals surface area contributed by atoms with E-state index in [1.165, 1.54) is 11.3 Å². The summed E-state index contributed by atoms with van der Waals surface area (Å²) in [6.45, 7) is 10.4. The van der Waals surface area contributed by atoms with Crippen molar-refractivity contribution >= 4 is 23.0 Å². The first-order chi connectivity index (χ1) is 9.06. The summed E-state index contributed by atoms with van der Waals surface area (Å²) >= 11 is 5.42. The standard InChI is InChI=1S/C15H23N3S/c1-12(2)16-15(19)18-9-7-17(8-10-18)14-6-4-5-13(3)11-14/h4-6,11-12H,7-10H2,1-3H3,(H,16,19). The van der Waals surface area contributed by atoms with Gasteiger partial charge in [-0.05, 0) is 50.7 Å². The van der Waals surface area contributed by atoms with Crippen molar-refractivity contribution in [3.05, 3.63) is 29.8 Å². The second-order valence-corrected chi connectivity index (χ2v) is 5.80. The highest BCUT2D eigenvalue weighted by Crippen LogP contribution is 2.17. The van der Waals surface area contributed by atoms with E-state index in [2.05, 4.69) is 60.2 Å². The SMILES string of the molecule is Cc1cccc(N2CCN(C(=S)NC(C)C)CC2)c1. The zero-order valence-electron chi connectivity index (χ0n) is 12.0. The van der Waals surface area contributed by atoms with Crippen LogP contribution in [0.3, 0.4) is 0 Å². The summed E-state index contributed by atoms with van der Waals surface area (Å²) in [4.78, 5) is 4.70. The molecule has 0 amide bonds. The van der Waals surface area contributed by atoms with Crippen LogP contribution in [0.5, 0.6) is 0 Å². The van der Waals surface area contributed by atoms with E-state index >= 15 is 0 Å². The van der Waals surface area contributed by atoms with Crippen LogP contribution in [-0.2, 0) is 0 Å². The Kier molecular flexibility index (Phi) is 4.64. The number of thiocarbonyl (C=S) groups is 1. The highest BCUT2D eigenvalue weighted by atomic mass is 32.1. The highest BCUT2D eigenvalue weighted by molar-refractivity contribution is 7.80. The van der Waals surface area contributed by atoms with Crippen molar-refractivity contribution < 1.29 is 0 Å². The molecule has 0 radical (unpaired) electrons. The van der Waals surface area contributed by atoms with Gasteiger partial charge in [0.05, 0.1) is 0 Å². The number of rotatable bonds is 2. The Balaban J connectivity index is 1.90. The fourth-order valence-corrected chi connectivity index (χ4v) is 2.75. The molecule has 0 saturated carbocycles. The van der Waals surface area contributed by atoms with Gasteiger partial charge in [0.25, 0.3) is 0 Å². The zero-order valence-corrected chi connectivity index (χ0v) is 12.8. The quantitative estimate of drug-likeness (QED) is 0.836. The molecule has 0 bridgehead atoms. The average Bonchev–Trinajstić information content (AvgIpc) is 2.38. The lowest BCUT2D eigenvalue weighted by atomic mass is 10.2. The lowest BCUT2D eigenvalue weighted by molar-refractivity contribution is 0.377. The molecule has 2 rings (SSSR count). The number of anilines is 1. The third-order valence-electron chi connectivity index (χ3n) is 3.35. The summed E-state index contributed by atoms with van der Waals surface area (Å²) in [5, 5.41) is 4.20. The maximum atomic E-state index is 5.42. The van der Waals surface area contributed by atoms with Crippen molar-refractivity contribution in [2.24, 2.45) is 0 Å². The van der Waals surface area contributed by atoms with Gasteiger partial charge in [0.2, 0.25) is 0 Å². The van der Waals surface area contributed by atoms with Crippen molar-refractivity contribution in [1.29, 1.82) is 0 Å². The third-order valence-corrected chi connectivity index (χ3v) is 3.72. The van der Waals surface area contributed by atoms with Crippen molar-refractivity contribution in [2.45, 2.75) is 26.8 Å². The Morgan fingerprint density at radius 3 is 2.47 bits per heavy atom. The summed E-state index contributed by atoms with van der Waals surface area (Å²) in [5.41, 5.74) is 2.64. The minimum Gasteiger partial charge on any atom is -0.368 e. The van der Waals surface area contributed by atoms with Gasteiger partial charge in [-0.15, -0.1) is 0 Å². The molecule has 3 nitrogen and oxygen atoms in total. The molecular weight excluding hydrogens is 254 g/mol. The lowest BCUT2D eigenvalue weighted by Gasteiger charge is -2.38. The normalized spacial score (nSPS) is 15.8. The van der Waals surface area contributed by atoms with Crippen molar-refractivity contribution in [1.82, 2.24) is 10.2 Å². The molecule has 1 fully saturated rings. The van der Waals surface area contributed by atoms with Gasteiger partial charge in [-0.3, -0.25) is 0 Å². The summed E-state index contributed by atoms with van der Waals surface area (Å²) < 4.78 is 0. The molecule has 1 saturated heterocycles. The summed E-state index contributed by atoms with van der Waals surface area (Å²) in [5.74, 6) is 0. The van der Waals surface area contributed by atoms with E-state index in [-0.39, 0.29) is 0 Å². The smallest absolute Gasteiger partial charge is 0.169 e. The van der Waals surface area contributed by atoms with Gasteiger partial charge in [0, 0.05) is 37.9 Å². The molecule has 0 atom stereocenters. The molecule has 1 heterocycles. The molecule has 104 valence electrons. The van der Waals surface area contributed by atoms with E-state index in [0.717, 1.165) is 31.3 Å². The van der Waals surface area contributed by atoms with Crippen molar-refractivity contribution in [3.8, 4) is 0 Å². The summed E-state index contributed by atoms with van der Waals surface area (Å²) in [6, 6.07) is 9.11. The van der Waals surface area contributed by atoms with E-state index < -0.39 is 0 Å². The first kappa shape index (κ1) is 14.1. The Morgan fingerprint density at radius 1 is 1.21 bits per heavy atom. The number of nitrogens with zero attached hydrogens (tertiary/aromatic N) is 2. The van der Waals surface area contributed by atoms with Gasteiger partial charge in [-0.25, -0.2) is 0 Å². The van der Waals surface area contributed by atoms with E-state index in [1.54, 1.807) is 0 Å². The number of hydrogen-bond donors (Lipinski definition) is 1. The Morgan fingerprint density at radius 2 is 1.89 bits per heavy atom. The molecule has 4 heteroatoms. The number of aryl methyl sites for hydroxylation is 1. The monoisotopic (exact) mass is 277 g/mol. The fraction of sp³-hybridized carbons (Fsp3) is 0.533. The molecule has 19 heavy (non-hydrogen) atoms.